The zero-order valence-corrected chi connectivity index (χ0v) is 5.94. The highest BCUT2D eigenvalue weighted by Gasteiger charge is 2.37. The SMILES string of the molecule is CC(C)(NC#N)C1CC1. The first-order valence-electron chi connectivity index (χ1n) is 3.33. The van der Waals surface area contributed by atoms with Gasteiger partial charge in [-0.15, -0.1) is 0 Å². The van der Waals surface area contributed by atoms with Gasteiger partial charge in [-0.2, -0.15) is 5.26 Å². The number of rotatable bonds is 2. The number of hydrogen-bond donors (Lipinski definition) is 1. The third-order valence-electron chi connectivity index (χ3n) is 1.98. The summed E-state index contributed by atoms with van der Waals surface area (Å²) >= 11 is 0. The molecule has 2 nitrogen and oxygen atoms in total. The maximum absolute atomic E-state index is 8.32. The fraction of sp³-hybridized carbons (Fsp3) is 0.857. The van der Waals surface area contributed by atoms with Crippen LogP contribution in [0, 0.1) is 17.4 Å². The van der Waals surface area contributed by atoms with Gasteiger partial charge in [0.05, 0.1) is 0 Å². The molecule has 0 aromatic carbocycles. The Balaban J connectivity index is 2.41. The first-order valence-corrected chi connectivity index (χ1v) is 3.33. The molecule has 0 saturated heterocycles. The van der Waals surface area contributed by atoms with E-state index in [1.165, 1.54) is 12.8 Å². The van der Waals surface area contributed by atoms with E-state index in [0.717, 1.165) is 5.92 Å². The van der Waals surface area contributed by atoms with Crippen molar-refractivity contribution >= 4 is 0 Å². The normalized spacial score (nSPS) is 18.8. The molecule has 0 unspecified atom stereocenters. The van der Waals surface area contributed by atoms with Crippen molar-refractivity contribution in [2.45, 2.75) is 32.2 Å². The van der Waals surface area contributed by atoms with Gasteiger partial charge in [0.1, 0.15) is 0 Å². The molecule has 0 aromatic rings. The summed E-state index contributed by atoms with van der Waals surface area (Å²) in [6.45, 7) is 4.15. The van der Waals surface area contributed by atoms with E-state index in [1.54, 1.807) is 0 Å². The van der Waals surface area contributed by atoms with Crippen molar-refractivity contribution in [2.24, 2.45) is 5.92 Å². The fourth-order valence-electron chi connectivity index (χ4n) is 1.05. The second-order valence-electron chi connectivity index (χ2n) is 3.23. The van der Waals surface area contributed by atoms with E-state index in [2.05, 4.69) is 19.2 Å². The molecule has 1 saturated carbocycles. The highest BCUT2D eigenvalue weighted by atomic mass is 15.0. The van der Waals surface area contributed by atoms with Crippen molar-refractivity contribution in [3.63, 3.8) is 0 Å². The minimum absolute atomic E-state index is 0.0503. The van der Waals surface area contributed by atoms with Gasteiger partial charge < -0.3 is 5.32 Å². The molecule has 1 N–H and O–H groups in total. The molecule has 0 spiro atoms. The van der Waals surface area contributed by atoms with E-state index in [4.69, 9.17) is 5.26 Å². The zero-order chi connectivity index (χ0) is 6.91. The summed E-state index contributed by atoms with van der Waals surface area (Å²) in [6.07, 6.45) is 4.54. The lowest BCUT2D eigenvalue weighted by molar-refractivity contribution is 0.392. The molecule has 1 aliphatic carbocycles. The number of nitrogens with one attached hydrogen (secondary N) is 1. The van der Waals surface area contributed by atoms with Crippen LogP contribution in [0.4, 0.5) is 0 Å². The Labute approximate surface area is 55.9 Å². The van der Waals surface area contributed by atoms with E-state index < -0.39 is 0 Å². The molecular formula is C7H12N2. The van der Waals surface area contributed by atoms with E-state index in [1.807, 2.05) is 6.19 Å². The maximum Gasteiger partial charge on any atom is 0.177 e. The average Bonchev–Trinajstić information content (AvgIpc) is 2.41. The molecule has 0 bridgehead atoms. The quantitative estimate of drug-likeness (QED) is 0.444. The molecule has 0 aliphatic heterocycles. The van der Waals surface area contributed by atoms with Gasteiger partial charge in [0.2, 0.25) is 0 Å². The third kappa shape index (κ3) is 1.35. The van der Waals surface area contributed by atoms with E-state index >= 15 is 0 Å². The molecule has 1 rings (SSSR count). The second-order valence-corrected chi connectivity index (χ2v) is 3.23. The molecule has 1 fully saturated rings. The molecular weight excluding hydrogens is 112 g/mol. The maximum atomic E-state index is 8.32. The van der Waals surface area contributed by atoms with Crippen molar-refractivity contribution in [1.82, 2.24) is 5.32 Å². The second kappa shape index (κ2) is 1.91. The van der Waals surface area contributed by atoms with Crippen molar-refractivity contribution in [1.29, 1.82) is 5.26 Å². The monoisotopic (exact) mass is 124 g/mol. The Morgan fingerprint density at radius 3 is 2.44 bits per heavy atom. The van der Waals surface area contributed by atoms with E-state index in [9.17, 15) is 0 Å². The predicted octanol–water partition coefficient (Wildman–Crippen LogP) is 1.25. The summed E-state index contributed by atoms with van der Waals surface area (Å²) in [5.74, 6) is 0.733. The molecule has 2 heteroatoms. The molecule has 0 aromatic heterocycles. The minimum Gasteiger partial charge on any atom is -0.318 e. The Hall–Kier alpha value is -0.710. The minimum atomic E-state index is 0.0503. The molecule has 1 aliphatic rings. The average molecular weight is 124 g/mol. The molecule has 0 atom stereocenters. The van der Waals surface area contributed by atoms with E-state index in [0.29, 0.717) is 0 Å². The summed E-state index contributed by atoms with van der Waals surface area (Å²) in [7, 11) is 0. The topological polar surface area (TPSA) is 35.8 Å². The first kappa shape index (κ1) is 6.41. The van der Waals surface area contributed by atoms with Crippen LogP contribution in [0.2, 0.25) is 0 Å². The predicted molar refractivity (Wildman–Crippen MR) is 35.6 cm³/mol. The van der Waals surface area contributed by atoms with Crippen LogP contribution >= 0.6 is 0 Å². The number of nitriles is 1. The van der Waals surface area contributed by atoms with Gasteiger partial charge in [0, 0.05) is 5.54 Å². The zero-order valence-electron chi connectivity index (χ0n) is 5.94. The summed E-state index contributed by atoms with van der Waals surface area (Å²) in [6, 6.07) is 0. The van der Waals surface area contributed by atoms with Gasteiger partial charge in [-0.3, -0.25) is 0 Å². The highest BCUT2D eigenvalue weighted by molar-refractivity contribution is 4.97. The van der Waals surface area contributed by atoms with Crippen molar-refractivity contribution in [3.05, 3.63) is 0 Å². The van der Waals surface area contributed by atoms with Gasteiger partial charge in [0.25, 0.3) is 0 Å². The molecule has 0 amide bonds. The lowest BCUT2D eigenvalue weighted by Crippen LogP contribution is -2.37. The van der Waals surface area contributed by atoms with Crippen LogP contribution in [0.5, 0.6) is 0 Å². The van der Waals surface area contributed by atoms with Gasteiger partial charge in [0.15, 0.2) is 6.19 Å². The van der Waals surface area contributed by atoms with Gasteiger partial charge in [-0.1, -0.05) is 0 Å². The summed E-state index contributed by atoms with van der Waals surface area (Å²) < 4.78 is 0. The van der Waals surface area contributed by atoms with Gasteiger partial charge in [-0.05, 0) is 32.6 Å². The lowest BCUT2D eigenvalue weighted by Gasteiger charge is -2.21. The molecule has 0 radical (unpaired) electrons. The van der Waals surface area contributed by atoms with Crippen LogP contribution in [0.3, 0.4) is 0 Å². The fourth-order valence-corrected chi connectivity index (χ4v) is 1.05. The van der Waals surface area contributed by atoms with Crippen LogP contribution in [0.1, 0.15) is 26.7 Å². The van der Waals surface area contributed by atoms with E-state index in [-0.39, 0.29) is 5.54 Å². The first-order chi connectivity index (χ1) is 4.17. The summed E-state index contributed by atoms with van der Waals surface area (Å²) in [5.41, 5.74) is 0.0503. The lowest BCUT2D eigenvalue weighted by atomic mass is 10.00. The van der Waals surface area contributed by atoms with Crippen LogP contribution in [0.15, 0.2) is 0 Å². The summed E-state index contributed by atoms with van der Waals surface area (Å²) in [5, 5.41) is 11.1. The molecule has 0 heterocycles. The Morgan fingerprint density at radius 2 is 2.11 bits per heavy atom. The molecule has 9 heavy (non-hydrogen) atoms. The van der Waals surface area contributed by atoms with Crippen molar-refractivity contribution in [3.8, 4) is 6.19 Å². The van der Waals surface area contributed by atoms with Crippen LogP contribution < -0.4 is 5.32 Å². The standard InChI is InChI=1S/C7H12N2/c1-7(2,9-5-8)6-3-4-6/h6,9H,3-4H2,1-2H3. The highest BCUT2D eigenvalue weighted by Crippen LogP contribution is 2.38. The number of nitrogens with zero attached hydrogens (tertiary/aromatic N) is 1. The van der Waals surface area contributed by atoms with Gasteiger partial charge in [-0.25, -0.2) is 0 Å². The number of hydrogen-bond acceptors (Lipinski definition) is 2. The van der Waals surface area contributed by atoms with Crippen LogP contribution in [-0.2, 0) is 0 Å². The molecule has 50 valence electrons. The van der Waals surface area contributed by atoms with Crippen LogP contribution in [-0.4, -0.2) is 5.54 Å². The van der Waals surface area contributed by atoms with Crippen molar-refractivity contribution in [2.75, 3.05) is 0 Å². The Morgan fingerprint density at radius 1 is 1.56 bits per heavy atom. The largest absolute Gasteiger partial charge is 0.318 e. The Bertz CT molecular complexity index is 139. The van der Waals surface area contributed by atoms with Crippen molar-refractivity contribution < 1.29 is 0 Å². The Kier molecular flexibility index (Phi) is 1.36. The van der Waals surface area contributed by atoms with Crippen LogP contribution in [0.25, 0.3) is 0 Å². The smallest absolute Gasteiger partial charge is 0.177 e. The summed E-state index contributed by atoms with van der Waals surface area (Å²) in [4.78, 5) is 0. The van der Waals surface area contributed by atoms with Gasteiger partial charge >= 0.3 is 0 Å². The third-order valence-corrected chi connectivity index (χ3v) is 1.98.